The Morgan fingerprint density at radius 1 is 1.25 bits per heavy atom. The molecule has 0 spiro atoms. The molecule has 0 bridgehead atoms. The van der Waals surface area contributed by atoms with Crippen LogP contribution in [0.4, 0.5) is 15.9 Å². The summed E-state index contributed by atoms with van der Waals surface area (Å²) in [5.41, 5.74) is 2.55. The van der Waals surface area contributed by atoms with Crippen molar-refractivity contribution in [1.29, 1.82) is 0 Å². The molecular formula is C18H15ClFN7O. The van der Waals surface area contributed by atoms with E-state index in [9.17, 15) is 4.79 Å². The maximum absolute atomic E-state index is 15.3. The normalized spacial score (nSPS) is 14.3. The summed E-state index contributed by atoms with van der Waals surface area (Å²) in [6.07, 6.45) is 9.10. The number of hydrogen-bond donors (Lipinski definition) is 2. The number of aromatic nitrogens is 5. The van der Waals surface area contributed by atoms with Crippen molar-refractivity contribution in [3.8, 4) is 11.3 Å². The number of fused-ring (bicyclic) bond motifs is 2. The molecule has 10 heteroatoms. The lowest BCUT2D eigenvalue weighted by molar-refractivity contribution is -0.105. The molecule has 2 N–H and O–H groups in total. The zero-order valence-corrected chi connectivity index (χ0v) is 15.4. The minimum Gasteiger partial charge on any atom is -0.367 e. The molecule has 3 aromatic heterocycles. The number of nitrogens with zero attached hydrogens (tertiary/aromatic N) is 5. The van der Waals surface area contributed by atoms with Crippen LogP contribution in [0.25, 0.3) is 27.8 Å². The fourth-order valence-electron chi connectivity index (χ4n) is 3.74. The van der Waals surface area contributed by atoms with Crippen LogP contribution in [0.15, 0.2) is 24.8 Å². The fraction of sp³-hybridized carbons (Fsp3) is 0.222. The Balaban J connectivity index is 1.72. The molecule has 5 rings (SSSR count). The van der Waals surface area contributed by atoms with E-state index in [0.717, 1.165) is 25.9 Å². The molecule has 0 atom stereocenters. The van der Waals surface area contributed by atoms with Crippen LogP contribution >= 0.6 is 11.6 Å². The van der Waals surface area contributed by atoms with Gasteiger partial charge in [-0.3, -0.25) is 14.9 Å². The van der Waals surface area contributed by atoms with E-state index in [1.165, 1.54) is 0 Å². The maximum atomic E-state index is 15.3. The molecule has 4 aromatic rings. The predicted molar refractivity (Wildman–Crippen MR) is 104 cm³/mol. The standard InChI is InChI=1S/C18H15ClFN7O/c19-15-14(11-7-27-8-12(22-9-28)24-13(27)6-21-11)10-5-23-25-17(10)18(16(15)20)26-3-1-2-4-26/h5-9H,1-4H2,(H,22,28)(H,23,25). The second-order valence-corrected chi connectivity index (χ2v) is 7.01. The van der Waals surface area contributed by atoms with Gasteiger partial charge in [-0.2, -0.15) is 5.10 Å². The second-order valence-electron chi connectivity index (χ2n) is 6.63. The fourth-order valence-corrected chi connectivity index (χ4v) is 4.03. The Kier molecular flexibility index (Phi) is 3.90. The lowest BCUT2D eigenvalue weighted by Crippen LogP contribution is -2.20. The quantitative estimate of drug-likeness (QED) is 0.514. The number of halogens is 2. The summed E-state index contributed by atoms with van der Waals surface area (Å²) in [7, 11) is 0. The van der Waals surface area contributed by atoms with Crippen molar-refractivity contribution in [3.63, 3.8) is 0 Å². The largest absolute Gasteiger partial charge is 0.367 e. The van der Waals surface area contributed by atoms with E-state index in [0.29, 0.717) is 45.7 Å². The van der Waals surface area contributed by atoms with Crippen molar-refractivity contribution in [2.45, 2.75) is 12.8 Å². The number of anilines is 2. The van der Waals surface area contributed by atoms with Gasteiger partial charge in [0.05, 0.1) is 34.8 Å². The van der Waals surface area contributed by atoms with Gasteiger partial charge >= 0.3 is 0 Å². The summed E-state index contributed by atoms with van der Waals surface area (Å²) < 4.78 is 17.0. The van der Waals surface area contributed by atoms with Crippen LogP contribution in [0.2, 0.25) is 5.02 Å². The smallest absolute Gasteiger partial charge is 0.212 e. The SMILES string of the molecule is O=CNc1cn2cc(-c3c(Cl)c(F)c(N4CCCC4)c4[nH]ncc34)ncc2n1. The highest BCUT2D eigenvalue weighted by atomic mass is 35.5. The third kappa shape index (κ3) is 2.50. The van der Waals surface area contributed by atoms with Gasteiger partial charge in [-0.25, -0.2) is 9.37 Å². The lowest BCUT2D eigenvalue weighted by Gasteiger charge is -2.21. The number of rotatable bonds is 4. The molecule has 1 aliphatic heterocycles. The number of hydrogen-bond acceptors (Lipinski definition) is 5. The molecule has 4 heterocycles. The summed E-state index contributed by atoms with van der Waals surface area (Å²) in [5.74, 6) is -0.0878. The minimum absolute atomic E-state index is 0.00834. The van der Waals surface area contributed by atoms with E-state index in [2.05, 4.69) is 25.5 Å². The molecule has 142 valence electrons. The Bertz CT molecular complexity index is 1210. The summed E-state index contributed by atoms with van der Waals surface area (Å²) in [6.45, 7) is 1.57. The van der Waals surface area contributed by atoms with Crippen molar-refractivity contribution >= 4 is 46.1 Å². The topological polar surface area (TPSA) is 91.2 Å². The highest BCUT2D eigenvalue weighted by Crippen LogP contribution is 2.42. The summed E-state index contributed by atoms with van der Waals surface area (Å²) in [6, 6.07) is 0. The second kappa shape index (κ2) is 6.45. The molecule has 1 fully saturated rings. The number of carbonyl (C=O) groups excluding carboxylic acids is 1. The van der Waals surface area contributed by atoms with Crippen LogP contribution in [-0.2, 0) is 4.79 Å². The zero-order chi connectivity index (χ0) is 19.3. The van der Waals surface area contributed by atoms with Gasteiger partial charge in [-0.15, -0.1) is 0 Å². The van der Waals surface area contributed by atoms with Gasteiger partial charge in [-0.05, 0) is 12.8 Å². The highest BCUT2D eigenvalue weighted by molar-refractivity contribution is 6.35. The first kappa shape index (κ1) is 16.9. The molecule has 0 saturated carbocycles. The number of nitrogens with one attached hydrogen (secondary N) is 2. The number of aromatic amines is 1. The average Bonchev–Trinajstić information content (AvgIpc) is 3.43. The van der Waals surface area contributed by atoms with Crippen molar-refractivity contribution < 1.29 is 9.18 Å². The number of imidazole rings is 1. The van der Waals surface area contributed by atoms with Gasteiger partial charge in [0, 0.05) is 30.2 Å². The van der Waals surface area contributed by atoms with Crippen LogP contribution < -0.4 is 10.2 Å². The summed E-state index contributed by atoms with van der Waals surface area (Å²) in [4.78, 5) is 21.3. The van der Waals surface area contributed by atoms with E-state index in [1.54, 1.807) is 29.2 Å². The van der Waals surface area contributed by atoms with Gasteiger partial charge in [-0.1, -0.05) is 11.6 Å². The Morgan fingerprint density at radius 3 is 2.86 bits per heavy atom. The Hall–Kier alpha value is -3.20. The number of H-pyrrole nitrogens is 1. The Morgan fingerprint density at radius 2 is 2.07 bits per heavy atom. The number of carbonyl (C=O) groups is 1. The predicted octanol–water partition coefficient (Wildman–Crippen LogP) is 3.23. The van der Waals surface area contributed by atoms with E-state index in [1.807, 2.05) is 4.90 Å². The Labute approximate surface area is 163 Å². The first-order valence-electron chi connectivity index (χ1n) is 8.81. The number of benzene rings is 1. The molecule has 1 aliphatic rings. The zero-order valence-electron chi connectivity index (χ0n) is 14.6. The van der Waals surface area contributed by atoms with Crippen LogP contribution in [0.3, 0.4) is 0 Å². The molecule has 1 saturated heterocycles. The van der Waals surface area contributed by atoms with Gasteiger partial charge in [0.1, 0.15) is 5.69 Å². The summed E-state index contributed by atoms with van der Waals surface area (Å²) in [5, 5.41) is 10.2. The first-order chi connectivity index (χ1) is 13.7. The molecule has 1 aromatic carbocycles. The van der Waals surface area contributed by atoms with Gasteiger partial charge in [0.15, 0.2) is 17.3 Å². The van der Waals surface area contributed by atoms with Crippen LogP contribution in [0, 0.1) is 5.82 Å². The molecule has 1 amide bonds. The molecule has 0 aliphatic carbocycles. The van der Waals surface area contributed by atoms with Crippen molar-refractivity contribution in [3.05, 3.63) is 35.6 Å². The van der Waals surface area contributed by atoms with Gasteiger partial charge in [0.2, 0.25) is 6.41 Å². The summed E-state index contributed by atoms with van der Waals surface area (Å²) >= 11 is 6.49. The van der Waals surface area contributed by atoms with E-state index in [4.69, 9.17) is 11.6 Å². The van der Waals surface area contributed by atoms with E-state index >= 15 is 4.39 Å². The number of amides is 1. The lowest BCUT2D eigenvalue weighted by atomic mass is 10.0. The van der Waals surface area contributed by atoms with Crippen LogP contribution in [0.1, 0.15) is 12.8 Å². The first-order valence-corrected chi connectivity index (χ1v) is 9.19. The maximum Gasteiger partial charge on any atom is 0.212 e. The third-order valence-electron chi connectivity index (χ3n) is 4.99. The van der Waals surface area contributed by atoms with Gasteiger partial charge < -0.3 is 14.6 Å². The van der Waals surface area contributed by atoms with E-state index < -0.39 is 5.82 Å². The van der Waals surface area contributed by atoms with Gasteiger partial charge in [0.25, 0.3) is 0 Å². The average molecular weight is 400 g/mol. The van der Waals surface area contributed by atoms with Crippen molar-refractivity contribution in [2.24, 2.45) is 0 Å². The molecule has 8 nitrogen and oxygen atoms in total. The van der Waals surface area contributed by atoms with Crippen LogP contribution in [-0.4, -0.2) is 44.1 Å². The molecular weight excluding hydrogens is 385 g/mol. The monoisotopic (exact) mass is 399 g/mol. The highest BCUT2D eigenvalue weighted by Gasteiger charge is 2.26. The molecule has 0 radical (unpaired) electrons. The van der Waals surface area contributed by atoms with Crippen molar-refractivity contribution in [1.82, 2.24) is 24.6 Å². The van der Waals surface area contributed by atoms with E-state index in [-0.39, 0.29) is 5.02 Å². The molecule has 0 unspecified atom stereocenters. The van der Waals surface area contributed by atoms with Crippen LogP contribution in [0.5, 0.6) is 0 Å². The third-order valence-corrected chi connectivity index (χ3v) is 5.35. The molecule has 28 heavy (non-hydrogen) atoms. The minimum atomic E-state index is -0.480. The van der Waals surface area contributed by atoms with Crippen molar-refractivity contribution in [2.75, 3.05) is 23.3 Å².